The molecule has 0 spiro atoms. The summed E-state index contributed by atoms with van der Waals surface area (Å²) in [5, 5.41) is 12.8. The third-order valence-corrected chi connectivity index (χ3v) is 2.13. The maximum Gasteiger partial charge on any atom is 0.120 e. The Morgan fingerprint density at radius 3 is 2.93 bits per heavy atom. The van der Waals surface area contributed by atoms with Crippen molar-refractivity contribution in [1.82, 2.24) is 5.32 Å². The first-order valence-corrected chi connectivity index (χ1v) is 5.02. The van der Waals surface area contributed by atoms with E-state index in [1.165, 1.54) is 6.42 Å². The monoisotopic (exact) mass is 194 g/mol. The number of nitrogen functional groups attached to an aromatic ring is 1. The van der Waals surface area contributed by atoms with Gasteiger partial charge in [0, 0.05) is 17.8 Å². The molecule has 0 aliphatic carbocycles. The molecule has 0 unspecified atom stereocenters. The van der Waals surface area contributed by atoms with Crippen LogP contribution in [0.25, 0.3) is 0 Å². The van der Waals surface area contributed by atoms with Gasteiger partial charge in [-0.1, -0.05) is 13.3 Å². The van der Waals surface area contributed by atoms with Gasteiger partial charge >= 0.3 is 0 Å². The van der Waals surface area contributed by atoms with E-state index in [2.05, 4.69) is 12.2 Å². The van der Waals surface area contributed by atoms with E-state index >= 15 is 0 Å². The number of hydrogen-bond donors (Lipinski definition) is 3. The summed E-state index contributed by atoms with van der Waals surface area (Å²) >= 11 is 0. The Morgan fingerprint density at radius 2 is 2.21 bits per heavy atom. The van der Waals surface area contributed by atoms with E-state index in [0.29, 0.717) is 18.0 Å². The number of benzene rings is 1. The van der Waals surface area contributed by atoms with Crippen LogP contribution in [-0.2, 0) is 6.54 Å². The van der Waals surface area contributed by atoms with Crippen LogP contribution in [0.2, 0.25) is 0 Å². The summed E-state index contributed by atoms with van der Waals surface area (Å²) in [7, 11) is 0. The quantitative estimate of drug-likeness (QED) is 0.381. The fourth-order valence-electron chi connectivity index (χ4n) is 1.27. The standard InChI is InChI=1S/C11H18N2O/c1-2-3-6-13-8-9-7-10(12)4-5-11(9)14/h4-5,7,13-14H,2-3,6,8,12H2,1H3. The van der Waals surface area contributed by atoms with Crippen LogP contribution < -0.4 is 11.1 Å². The minimum Gasteiger partial charge on any atom is -0.508 e. The SMILES string of the molecule is CCCCNCc1cc(N)ccc1O. The molecule has 0 fully saturated rings. The molecule has 0 saturated heterocycles. The molecule has 0 aromatic heterocycles. The fourth-order valence-corrected chi connectivity index (χ4v) is 1.27. The Balaban J connectivity index is 2.45. The molecule has 0 amide bonds. The van der Waals surface area contributed by atoms with E-state index in [4.69, 9.17) is 5.73 Å². The van der Waals surface area contributed by atoms with Crippen LogP contribution in [0.3, 0.4) is 0 Å². The summed E-state index contributed by atoms with van der Waals surface area (Å²) in [6, 6.07) is 5.13. The Morgan fingerprint density at radius 1 is 1.43 bits per heavy atom. The highest BCUT2D eigenvalue weighted by molar-refractivity contribution is 5.47. The minimum absolute atomic E-state index is 0.309. The lowest BCUT2D eigenvalue weighted by Gasteiger charge is -2.06. The zero-order chi connectivity index (χ0) is 10.4. The van der Waals surface area contributed by atoms with E-state index in [0.717, 1.165) is 18.5 Å². The van der Waals surface area contributed by atoms with E-state index < -0.39 is 0 Å². The summed E-state index contributed by atoms with van der Waals surface area (Å²) in [6.07, 6.45) is 2.33. The lowest BCUT2D eigenvalue weighted by molar-refractivity contribution is 0.464. The van der Waals surface area contributed by atoms with Crippen molar-refractivity contribution in [3.8, 4) is 5.75 Å². The molecular formula is C11H18N2O. The van der Waals surface area contributed by atoms with Crippen molar-refractivity contribution in [2.45, 2.75) is 26.3 Å². The first-order valence-electron chi connectivity index (χ1n) is 5.02. The zero-order valence-electron chi connectivity index (χ0n) is 8.59. The van der Waals surface area contributed by atoms with Crippen LogP contribution in [-0.4, -0.2) is 11.7 Å². The molecule has 0 saturated carbocycles. The minimum atomic E-state index is 0.309. The molecule has 78 valence electrons. The molecule has 0 atom stereocenters. The van der Waals surface area contributed by atoms with Crippen LogP contribution in [0.4, 0.5) is 5.69 Å². The van der Waals surface area contributed by atoms with Gasteiger partial charge in [-0.05, 0) is 31.2 Å². The Labute approximate surface area is 84.9 Å². The molecule has 14 heavy (non-hydrogen) atoms. The van der Waals surface area contributed by atoms with Gasteiger partial charge in [-0.3, -0.25) is 0 Å². The van der Waals surface area contributed by atoms with Crippen molar-refractivity contribution in [3.63, 3.8) is 0 Å². The number of nitrogens with one attached hydrogen (secondary N) is 1. The number of aromatic hydroxyl groups is 1. The van der Waals surface area contributed by atoms with Crippen LogP contribution in [0.15, 0.2) is 18.2 Å². The summed E-state index contributed by atoms with van der Waals surface area (Å²) in [6.45, 7) is 3.81. The summed E-state index contributed by atoms with van der Waals surface area (Å²) in [4.78, 5) is 0. The highest BCUT2D eigenvalue weighted by atomic mass is 16.3. The van der Waals surface area contributed by atoms with E-state index in [9.17, 15) is 5.11 Å². The topological polar surface area (TPSA) is 58.3 Å². The van der Waals surface area contributed by atoms with Crippen molar-refractivity contribution < 1.29 is 5.11 Å². The predicted octanol–water partition coefficient (Wildman–Crippen LogP) is 1.86. The molecule has 0 heterocycles. The lowest BCUT2D eigenvalue weighted by atomic mass is 10.2. The maximum atomic E-state index is 9.50. The van der Waals surface area contributed by atoms with Crippen molar-refractivity contribution in [1.29, 1.82) is 0 Å². The lowest BCUT2D eigenvalue weighted by Crippen LogP contribution is -2.14. The number of rotatable bonds is 5. The normalized spacial score (nSPS) is 10.4. The molecule has 1 aromatic rings. The summed E-state index contributed by atoms with van der Waals surface area (Å²) < 4.78 is 0. The zero-order valence-corrected chi connectivity index (χ0v) is 8.59. The van der Waals surface area contributed by atoms with Crippen LogP contribution in [0.5, 0.6) is 5.75 Å². The largest absolute Gasteiger partial charge is 0.508 e. The van der Waals surface area contributed by atoms with Crippen LogP contribution in [0.1, 0.15) is 25.3 Å². The molecule has 3 nitrogen and oxygen atoms in total. The van der Waals surface area contributed by atoms with Gasteiger partial charge in [-0.2, -0.15) is 0 Å². The number of unbranched alkanes of at least 4 members (excludes halogenated alkanes) is 1. The van der Waals surface area contributed by atoms with Crippen molar-refractivity contribution in [2.75, 3.05) is 12.3 Å². The number of phenolic OH excluding ortho intramolecular Hbond substituents is 1. The summed E-state index contributed by atoms with van der Waals surface area (Å²) in [5.74, 6) is 0.309. The molecule has 4 N–H and O–H groups in total. The first-order chi connectivity index (χ1) is 6.74. The fraction of sp³-hybridized carbons (Fsp3) is 0.455. The third kappa shape index (κ3) is 3.26. The molecule has 3 heteroatoms. The van der Waals surface area contributed by atoms with Crippen LogP contribution in [0, 0.1) is 0 Å². The molecule has 0 aliphatic rings. The molecule has 0 aliphatic heterocycles. The van der Waals surface area contributed by atoms with Gasteiger partial charge in [0.1, 0.15) is 5.75 Å². The Hall–Kier alpha value is -1.22. The smallest absolute Gasteiger partial charge is 0.120 e. The Bertz CT molecular complexity index is 287. The van der Waals surface area contributed by atoms with E-state index in [1.54, 1.807) is 18.2 Å². The Kier molecular flexibility index (Phi) is 4.26. The van der Waals surface area contributed by atoms with Crippen molar-refractivity contribution >= 4 is 5.69 Å². The molecule has 1 rings (SSSR count). The average molecular weight is 194 g/mol. The third-order valence-electron chi connectivity index (χ3n) is 2.13. The van der Waals surface area contributed by atoms with E-state index in [1.807, 2.05) is 0 Å². The van der Waals surface area contributed by atoms with Gasteiger partial charge in [0.05, 0.1) is 0 Å². The number of phenols is 1. The van der Waals surface area contributed by atoms with Gasteiger partial charge in [0.2, 0.25) is 0 Å². The number of hydrogen-bond acceptors (Lipinski definition) is 3. The first kappa shape index (κ1) is 10.9. The second kappa shape index (κ2) is 5.50. The molecular weight excluding hydrogens is 176 g/mol. The van der Waals surface area contributed by atoms with Gasteiger partial charge in [-0.15, -0.1) is 0 Å². The van der Waals surface area contributed by atoms with Gasteiger partial charge < -0.3 is 16.2 Å². The van der Waals surface area contributed by atoms with Gasteiger partial charge in [0.25, 0.3) is 0 Å². The number of nitrogens with two attached hydrogens (primary N) is 1. The predicted molar refractivity (Wildman–Crippen MR) is 59.1 cm³/mol. The number of anilines is 1. The van der Waals surface area contributed by atoms with Crippen molar-refractivity contribution in [2.24, 2.45) is 0 Å². The second-order valence-electron chi connectivity index (χ2n) is 3.42. The average Bonchev–Trinajstić information content (AvgIpc) is 2.18. The van der Waals surface area contributed by atoms with Crippen molar-refractivity contribution in [3.05, 3.63) is 23.8 Å². The second-order valence-corrected chi connectivity index (χ2v) is 3.42. The van der Waals surface area contributed by atoms with Gasteiger partial charge in [-0.25, -0.2) is 0 Å². The molecule has 1 aromatic carbocycles. The van der Waals surface area contributed by atoms with Gasteiger partial charge in [0.15, 0.2) is 0 Å². The molecule has 0 bridgehead atoms. The van der Waals surface area contributed by atoms with E-state index in [-0.39, 0.29) is 0 Å². The highest BCUT2D eigenvalue weighted by Crippen LogP contribution is 2.19. The van der Waals surface area contributed by atoms with Crippen LogP contribution >= 0.6 is 0 Å². The molecule has 0 radical (unpaired) electrons. The highest BCUT2D eigenvalue weighted by Gasteiger charge is 2.00. The maximum absolute atomic E-state index is 9.50. The summed E-state index contributed by atoms with van der Waals surface area (Å²) in [5.41, 5.74) is 7.17.